The Labute approximate surface area is 111 Å². The van der Waals surface area contributed by atoms with E-state index in [1.54, 1.807) is 0 Å². The second kappa shape index (κ2) is 6.93. The predicted octanol–water partition coefficient (Wildman–Crippen LogP) is 2.86. The van der Waals surface area contributed by atoms with Gasteiger partial charge < -0.3 is 9.88 Å². The van der Waals surface area contributed by atoms with Gasteiger partial charge in [-0.05, 0) is 44.7 Å². The fourth-order valence-corrected chi connectivity index (χ4v) is 3.29. The highest BCUT2D eigenvalue weighted by molar-refractivity contribution is 4.96. The molecule has 0 saturated heterocycles. The van der Waals surface area contributed by atoms with Crippen LogP contribution in [0.2, 0.25) is 0 Å². The van der Waals surface area contributed by atoms with E-state index < -0.39 is 0 Å². The SMILES string of the molecule is CCCn1ccnc1CC1CCCCC1CNC. The van der Waals surface area contributed by atoms with E-state index in [4.69, 9.17) is 0 Å². The summed E-state index contributed by atoms with van der Waals surface area (Å²) < 4.78 is 2.34. The molecule has 1 heterocycles. The zero-order chi connectivity index (χ0) is 12.8. The minimum atomic E-state index is 0.823. The molecule has 18 heavy (non-hydrogen) atoms. The topological polar surface area (TPSA) is 29.9 Å². The molecule has 0 aliphatic heterocycles. The summed E-state index contributed by atoms with van der Waals surface area (Å²) in [5.41, 5.74) is 0. The van der Waals surface area contributed by atoms with Gasteiger partial charge in [0, 0.05) is 25.4 Å². The number of hydrogen-bond donors (Lipinski definition) is 1. The van der Waals surface area contributed by atoms with Gasteiger partial charge in [0.05, 0.1) is 0 Å². The van der Waals surface area contributed by atoms with Gasteiger partial charge in [-0.15, -0.1) is 0 Å². The average molecular weight is 249 g/mol. The van der Waals surface area contributed by atoms with Crippen molar-refractivity contribution in [3.05, 3.63) is 18.2 Å². The Balaban J connectivity index is 1.99. The maximum Gasteiger partial charge on any atom is 0.108 e. The first kappa shape index (κ1) is 13.6. The van der Waals surface area contributed by atoms with Crippen LogP contribution < -0.4 is 5.32 Å². The Bertz CT molecular complexity index is 343. The van der Waals surface area contributed by atoms with E-state index in [1.807, 2.05) is 6.20 Å². The normalized spacial score (nSPS) is 24.3. The standard InChI is InChI=1S/C15H27N3/c1-3-9-18-10-8-17-15(18)11-13-6-4-5-7-14(13)12-16-2/h8,10,13-14,16H,3-7,9,11-12H2,1-2H3. The van der Waals surface area contributed by atoms with E-state index in [0.717, 1.165) is 18.4 Å². The third-order valence-corrected chi connectivity index (χ3v) is 4.24. The fourth-order valence-electron chi connectivity index (χ4n) is 3.29. The number of nitrogens with one attached hydrogen (secondary N) is 1. The lowest BCUT2D eigenvalue weighted by Crippen LogP contribution is -2.30. The molecule has 1 aromatic heterocycles. The Hall–Kier alpha value is -0.830. The van der Waals surface area contributed by atoms with Crippen LogP contribution in [0.15, 0.2) is 12.4 Å². The number of aryl methyl sites for hydroxylation is 1. The summed E-state index contributed by atoms with van der Waals surface area (Å²) in [6.45, 7) is 4.51. The first-order valence-corrected chi connectivity index (χ1v) is 7.49. The fraction of sp³-hybridized carbons (Fsp3) is 0.800. The molecule has 3 nitrogen and oxygen atoms in total. The molecule has 0 amide bonds. The van der Waals surface area contributed by atoms with Crippen LogP contribution >= 0.6 is 0 Å². The molecule has 1 saturated carbocycles. The molecule has 0 aromatic carbocycles. The molecule has 0 radical (unpaired) electrons. The summed E-state index contributed by atoms with van der Waals surface area (Å²) in [7, 11) is 2.07. The second-order valence-electron chi connectivity index (χ2n) is 5.60. The summed E-state index contributed by atoms with van der Waals surface area (Å²) in [5.74, 6) is 2.96. The van der Waals surface area contributed by atoms with Crippen molar-refractivity contribution in [2.45, 2.75) is 52.0 Å². The van der Waals surface area contributed by atoms with E-state index in [0.29, 0.717) is 0 Å². The quantitative estimate of drug-likeness (QED) is 0.840. The van der Waals surface area contributed by atoms with Gasteiger partial charge in [-0.25, -0.2) is 4.98 Å². The van der Waals surface area contributed by atoms with Crippen molar-refractivity contribution in [3.8, 4) is 0 Å². The van der Waals surface area contributed by atoms with Crippen LogP contribution in [0, 0.1) is 11.8 Å². The summed E-state index contributed by atoms with van der Waals surface area (Å²) in [5, 5.41) is 3.36. The Morgan fingerprint density at radius 3 is 2.83 bits per heavy atom. The Morgan fingerprint density at radius 1 is 1.33 bits per heavy atom. The third kappa shape index (κ3) is 3.35. The number of rotatable bonds is 6. The maximum atomic E-state index is 4.57. The summed E-state index contributed by atoms with van der Waals surface area (Å²) >= 11 is 0. The van der Waals surface area contributed by atoms with E-state index >= 15 is 0 Å². The molecule has 1 fully saturated rings. The van der Waals surface area contributed by atoms with E-state index in [2.05, 4.69) is 35.0 Å². The van der Waals surface area contributed by atoms with Gasteiger partial charge in [-0.1, -0.05) is 19.8 Å². The van der Waals surface area contributed by atoms with Gasteiger partial charge >= 0.3 is 0 Å². The van der Waals surface area contributed by atoms with E-state index in [-0.39, 0.29) is 0 Å². The lowest BCUT2D eigenvalue weighted by atomic mass is 9.77. The molecule has 0 spiro atoms. The zero-order valence-corrected chi connectivity index (χ0v) is 11.9. The van der Waals surface area contributed by atoms with Crippen molar-refractivity contribution in [2.75, 3.05) is 13.6 Å². The molecule has 1 aliphatic rings. The molecule has 2 rings (SSSR count). The molecule has 3 heteroatoms. The highest BCUT2D eigenvalue weighted by Crippen LogP contribution is 2.31. The van der Waals surface area contributed by atoms with Crippen molar-refractivity contribution in [1.29, 1.82) is 0 Å². The van der Waals surface area contributed by atoms with Crippen LogP contribution in [0.25, 0.3) is 0 Å². The van der Waals surface area contributed by atoms with Crippen molar-refractivity contribution < 1.29 is 0 Å². The zero-order valence-electron chi connectivity index (χ0n) is 11.9. The van der Waals surface area contributed by atoms with Gasteiger partial charge in [0.25, 0.3) is 0 Å². The Kier molecular flexibility index (Phi) is 5.24. The van der Waals surface area contributed by atoms with Crippen LogP contribution in [-0.2, 0) is 13.0 Å². The van der Waals surface area contributed by atoms with Crippen LogP contribution in [0.1, 0.15) is 44.9 Å². The Morgan fingerprint density at radius 2 is 2.11 bits per heavy atom. The second-order valence-corrected chi connectivity index (χ2v) is 5.60. The van der Waals surface area contributed by atoms with Crippen molar-refractivity contribution in [3.63, 3.8) is 0 Å². The molecule has 102 valence electrons. The van der Waals surface area contributed by atoms with Gasteiger partial charge in [-0.2, -0.15) is 0 Å². The highest BCUT2D eigenvalue weighted by Gasteiger charge is 2.25. The summed E-state index contributed by atoms with van der Waals surface area (Å²) in [4.78, 5) is 4.57. The molecule has 1 aromatic rings. The molecule has 1 aliphatic carbocycles. The molecule has 2 atom stereocenters. The smallest absolute Gasteiger partial charge is 0.108 e. The van der Waals surface area contributed by atoms with Crippen LogP contribution in [0.4, 0.5) is 0 Å². The molecular formula is C15H27N3. The molecule has 0 bridgehead atoms. The van der Waals surface area contributed by atoms with Gasteiger partial charge in [-0.3, -0.25) is 0 Å². The summed E-state index contributed by atoms with van der Waals surface area (Å²) in [6.07, 6.45) is 12.0. The minimum Gasteiger partial charge on any atom is -0.335 e. The number of nitrogens with zero attached hydrogens (tertiary/aromatic N) is 2. The van der Waals surface area contributed by atoms with E-state index in [1.165, 1.54) is 50.9 Å². The minimum absolute atomic E-state index is 0.823. The average Bonchev–Trinajstić information content (AvgIpc) is 2.80. The molecular weight excluding hydrogens is 222 g/mol. The summed E-state index contributed by atoms with van der Waals surface area (Å²) in [6, 6.07) is 0. The largest absolute Gasteiger partial charge is 0.335 e. The number of imidazole rings is 1. The van der Waals surface area contributed by atoms with Gasteiger partial charge in [0.1, 0.15) is 5.82 Å². The first-order chi connectivity index (χ1) is 8.85. The van der Waals surface area contributed by atoms with Crippen LogP contribution in [-0.4, -0.2) is 23.1 Å². The van der Waals surface area contributed by atoms with Gasteiger partial charge in [0.2, 0.25) is 0 Å². The molecule has 1 N–H and O–H groups in total. The highest BCUT2D eigenvalue weighted by atomic mass is 15.1. The monoisotopic (exact) mass is 249 g/mol. The van der Waals surface area contributed by atoms with Crippen molar-refractivity contribution >= 4 is 0 Å². The van der Waals surface area contributed by atoms with Crippen LogP contribution in [0.3, 0.4) is 0 Å². The third-order valence-electron chi connectivity index (χ3n) is 4.24. The predicted molar refractivity (Wildman–Crippen MR) is 75.6 cm³/mol. The van der Waals surface area contributed by atoms with E-state index in [9.17, 15) is 0 Å². The lowest BCUT2D eigenvalue weighted by molar-refractivity contribution is 0.227. The first-order valence-electron chi connectivity index (χ1n) is 7.49. The lowest BCUT2D eigenvalue weighted by Gasteiger charge is -2.31. The van der Waals surface area contributed by atoms with Crippen molar-refractivity contribution in [1.82, 2.24) is 14.9 Å². The number of hydrogen-bond acceptors (Lipinski definition) is 2. The van der Waals surface area contributed by atoms with Crippen molar-refractivity contribution in [2.24, 2.45) is 11.8 Å². The maximum absolute atomic E-state index is 4.57. The van der Waals surface area contributed by atoms with Crippen LogP contribution in [0.5, 0.6) is 0 Å². The number of aromatic nitrogens is 2. The van der Waals surface area contributed by atoms with Gasteiger partial charge in [0.15, 0.2) is 0 Å². The molecule has 2 unspecified atom stereocenters.